The number of phenols is 1. The van der Waals surface area contributed by atoms with Gasteiger partial charge in [0.2, 0.25) is 0 Å². The molecule has 5 saturated carbocycles. The summed E-state index contributed by atoms with van der Waals surface area (Å²) in [6.07, 6.45) is 13.1. The average molecular weight is 621 g/mol. The lowest BCUT2D eigenvalue weighted by Gasteiger charge is -2.74. The molecule has 6 nitrogen and oxygen atoms in total. The molecule has 0 amide bonds. The van der Waals surface area contributed by atoms with Crippen LogP contribution in [0.25, 0.3) is 6.08 Å². The molecular formula is C39H56O6. The molecule has 0 saturated heterocycles. The summed E-state index contributed by atoms with van der Waals surface area (Å²) in [7, 11) is 0. The summed E-state index contributed by atoms with van der Waals surface area (Å²) in [5, 5.41) is 32.2. The zero-order valence-corrected chi connectivity index (χ0v) is 28.4. The minimum absolute atomic E-state index is 0.0280. The predicted octanol–water partition coefficient (Wildman–Crippen LogP) is 8.26. The van der Waals surface area contributed by atoms with Crippen LogP contribution in [-0.2, 0) is 14.3 Å². The number of esters is 1. The summed E-state index contributed by atoms with van der Waals surface area (Å²) in [6, 6.07) is 6.63. The van der Waals surface area contributed by atoms with Crippen molar-refractivity contribution in [1.82, 2.24) is 0 Å². The van der Waals surface area contributed by atoms with E-state index in [0.717, 1.165) is 63.4 Å². The molecule has 0 heterocycles. The molecule has 0 aromatic heterocycles. The molecule has 0 aliphatic heterocycles. The quantitative estimate of drug-likeness (QED) is 0.226. The summed E-state index contributed by atoms with van der Waals surface area (Å²) in [5.41, 5.74) is -0.154. The number of ether oxygens (including phenoxy) is 1. The van der Waals surface area contributed by atoms with Gasteiger partial charge in [-0.3, -0.25) is 4.79 Å². The van der Waals surface area contributed by atoms with Crippen molar-refractivity contribution in [2.45, 2.75) is 118 Å². The Morgan fingerprint density at radius 1 is 0.822 bits per heavy atom. The minimum atomic E-state index is -0.706. The van der Waals surface area contributed by atoms with Crippen molar-refractivity contribution in [3.05, 3.63) is 35.9 Å². The fourth-order valence-corrected chi connectivity index (χ4v) is 12.5. The highest BCUT2D eigenvalue weighted by atomic mass is 16.5. The second-order valence-electron chi connectivity index (χ2n) is 17.7. The van der Waals surface area contributed by atoms with Gasteiger partial charge >= 0.3 is 11.9 Å². The molecule has 1 aromatic carbocycles. The predicted molar refractivity (Wildman–Crippen MR) is 175 cm³/mol. The molecule has 3 N–H and O–H groups in total. The zero-order chi connectivity index (χ0) is 32.6. The van der Waals surface area contributed by atoms with Crippen molar-refractivity contribution in [3.63, 3.8) is 0 Å². The maximum Gasteiger partial charge on any atom is 0.330 e. The number of rotatable bonds is 5. The van der Waals surface area contributed by atoms with E-state index in [-0.39, 0.29) is 51.3 Å². The Kier molecular flexibility index (Phi) is 7.86. The van der Waals surface area contributed by atoms with Crippen LogP contribution in [0.2, 0.25) is 0 Å². The molecule has 1 aromatic rings. The van der Waals surface area contributed by atoms with Crippen molar-refractivity contribution < 1.29 is 29.6 Å². The van der Waals surface area contributed by atoms with Crippen LogP contribution in [0.3, 0.4) is 0 Å². The van der Waals surface area contributed by atoms with Gasteiger partial charge in [-0.25, -0.2) is 4.79 Å². The first kappa shape index (κ1) is 32.6. The van der Waals surface area contributed by atoms with Crippen LogP contribution in [-0.4, -0.2) is 40.0 Å². The van der Waals surface area contributed by atoms with Crippen LogP contribution in [0.5, 0.6) is 5.75 Å². The number of hydrogen-bond acceptors (Lipinski definition) is 5. The Balaban J connectivity index is 1.26. The second kappa shape index (κ2) is 10.9. The molecule has 6 rings (SSSR count). The number of carbonyl (C=O) groups excluding carboxylic acids is 1. The van der Waals surface area contributed by atoms with Crippen LogP contribution >= 0.6 is 0 Å². The Morgan fingerprint density at radius 3 is 2.20 bits per heavy atom. The number of aliphatic hydroxyl groups excluding tert-OH is 1. The van der Waals surface area contributed by atoms with Crippen molar-refractivity contribution in [2.24, 2.45) is 56.2 Å². The molecule has 5 aliphatic rings. The maximum absolute atomic E-state index is 13.8. The van der Waals surface area contributed by atoms with E-state index in [0.29, 0.717) is 18.3 Å². The van der Waals surface area contributed by atoms with Crippen LogP contribution in [0, 0.1) is 56.2 Å². The molecule has 3 unspecified atom stereocenters. The minimum Gasteiger partial charge on any atom is -0.508 e. The Morgan fingerprint density at radius 2 is 1.51 bits per heavy atom. The summed E-state index contributed by atoms with van der Waals surface area (Å²) >= 11 is 0. The van der Waals surface area contributed by atoms with Crippen LogP contribution in [0.15, 0.2) is 30.3 Å². The first-order chi connectivity index (χ1) is 21.0. The van der Waals surface area contributed by atoms with E-state index < -0.39 is 23.5 Å². The molecule has 10 atom stereocenters. The number of aliphatic hydroxyl groups is 1. The number of carboxylic acids is 1. The fraction of sp³-hybridized carbons (Fsp3) is 0.744. The summed E-state index contributed by atoms with van der Waals surface area (Å²) in [5.74, 6) is -0.133. The smallest absolute Gasteiger partial charge is 0.330 e. The van der Waals surface area contributed by atoms with Crippen LogP contribution in [0.4, 0.5) is 0 Å². The molecule has 0 bridgehead atoms. The van der Waals surface area contributed by atoms with E-state index in [9.17, 15) is 24.9 Å². The second-order valence-corrected chi connectivity index (χ2v) is 17.7. The Bertz CT molecular complexity index is 1350. The number of benzene rings is 1. The number of phenolic OH excluding ortho intramolecular Hbond substituents is 1. The average Bonchev–Trinajstić information content (AvgIpc) is 2.96. The van der Waals surface area contributed by atoms with Gasteiger partial charge in [-0.2, -0.15) is 0 Å². The van der Waals surface area contributed by atoms with Gasteiger partial charge in [0, 0.05) is 12.0 Å². The first-order valence-electron chi connectivity index (χ1n) is 17.6. The van der Waals surface area contributed by atoms with Gasteiger partial charge in [0.25, 0.3) is 0 Å². The van der Waals surface area contributed by atoms with Crippen molar-refractivity contribution >= 4 is 18.0 Å². The number of carbonyl (C=O) groups is 2. The number of aliphatic carboxylic acids is 1. The van der Waals surface area contributed by atoms with Gasteiger partial charge in [0.1, 0.15) is 5.75 Å². The molecule has 248 valence electrons. The molecular weight excluding hydrogens is 564 g/mol. The molecule has 5 aliphatic carbocycles. The third-order valence-electron chi connectivity index (χ3n) is 15.1. The number of carboxylic acid groups (broad SMARTS) is 1. The first-order valence-corrected chi connectivity index (χ1v) is 17.6. The molecule has 6 heteroatoms. The lowest BCUT2D eigenvalue weighted by atomic mass is 9.29. The Hall–Kier alpha value is -2.34. The lowest BCUT2D eigenvalue weighted by molar-refractivity contribution is -0.269. The molecule has 5 fully saturated rings. The van der Waals surface area contributed by atoms with Gasteiger partial charge in [0.05, 0.1) is 18.1 Å². The van der Waals surface area contributed by atoms with E-state index in [1.807, 2.05) is 0 Å². The van der Waals surface area contributed by atoms with Crippen LogP contribution < -0.4 is 0 Å². The van der Waals surface area contributed by atoms with E-state index >= 15 is 0 Å². The van der Waals surface area contributed by atoms with E-state index in [2.05, 4.69) is 41.5 Å². The summed E-state index contributed by atoms with van der Waals surface area (Å²) in [4.78, 5) is 26.5. The standard InChI is InChI=1S/C39H56O6/c1-34(2)17-18-35(3)19-21-38(6)30-15-16-36(4)27(24-45-32(42)14-9-25-7-10-26(40)11-8-25)28(41)12-13-29(36)37(30,5)20-22-39(38,33(43)44)31(35)23-34/h7-11,14,27-31,40-41H,12-13,15-24H2,1-6H3,(H,43,44)/b14-9+/t27-,28-,29?,30?,31?,35+,36+,37-,38+,39-/m0/s1. The van der Waals surface area contributed by atoms with E-state index in [1.165, 1.54) is 12.5 Å². The van der Waals surface area contributed by atoms with Gasteiger partial charge in [-0.15, -0.1) is 0 Å². The van der Waals surface area contributed by atoms with Gasteiger partial charge in [0.15, 0.2) is 0 Å². The normalized spacial score (nSPS) is 45.4. The number of hydrogen-bond donors (Lipinski definition) is 3. The largest absolute Gasteiger partial charge is 0.508 e. The fourth-order valence-electron chi connectivity index (χ4n) is 12.5. The van der Waals surface area contributed by atoms with Gasteiger partial charge in [-0.1, -0.05) is 53.7 Å². The van der Waals surface area contributed by atoms with E-state index in [4.69, 9.17) is 4.74 Å². The van der Waals surface area contributed by atoms with Crippen LogP contribution in [0.1, 0.15) is 118 Å². The topological polar surface area (TPSA) is 104 Å². The monoisotopic (exact) mass is 620 g/mol. The third kappa shape index (κ3) is 4.90. The van der Waals surface area contributed by atoms with Crippen molar-refractivity contribution in [2.75, 3.05) is 6.61 Å². The summed E-state index contributed by atoms with van der Waals surface area (Å²) in [6.45, 7) is 14.4. The number of fused-ring (bicyclic) bond motifs is 7. The third-order valence-corrected chi connectivity index (χ3v) is 15.1. The Labute approximate surface area is 270 Å². The summed E-state index contributed by atoms with van der Waals surface area (Å²) < 4.78 is 5.81. The maximum atomic E-state index is 13.8. The number of aromatic hydroxyl groups is 1. The van der Waals surface area contributed by atoms with Crippen molar-refractivity contribution in [1.29, 1.82) is 0 Å². The van der Waals surface area contributed by atoms with Crippen molar-refractivity contribution in [3.8, 4) is 5.75 Å². The van der Waals surface area contributed by atoms with Gasteiger partial charge in [-0.05, 0) is 139 Å². The zero-order valence-electron chi connectivity index (χ0n) is 28.4. The lowest BCUT2D eigenvalue weighted by Crippen LogP contribution is -2.70. The highest BCUT2D eigenvalue weighted by Crippen LogP contribution is 2.78. The van der Waals surface area contributed by atoms with E-state index in [1.54, 1.807) is 30.3 Å². The molecule has 0 spiro atoms. The highest BCUT2D eigenvalue weighted by molar-refractivity contribution is 5.87. The molecule has 0 radical (unpaired) electrons. The SMILES string of the molecule is CC1(C)CC[C@]2(C)CC[C@]3(C)C4CC[C@@]5(C)C(CC[C@H](O)[C@@H]5COC(=O)/C=C/c5ccc(O)cc5)[C@]4(C)CC[C@@]3(C(=O)O)C2C1. The van der Waals surface area contributed by atoms with Gasteiger partial charge < -0.3 is 20.1 Å². The molecule has 45 heavy (non-hydrogen) atoms. The highest BCUT2D eigenvalue weighted by Gasteiger charge is 2.75.